The van der Waals surface area contributed by atoms with Gasteiger partial charge in [-0.15, -0.1) is 0 Å². The molecule has 0 amide bonds. The highest BCUT2D eigenvalue weighted by Gasteiger charge is 2.28. The van der Waals surface area contributed by atoms with E-state index in [1.807, 2.05) is 26.0 Å². The number of β-amino-alcohol motifs (C(OH)–C–C–N with tert-alkyl or cyclic N) is 1. The first-order valence-corrected chi connectivity index (χ1v) is 7.37. The number of pyridine rings is 1. The Balaban J connectivity index is 1.91. The monoisotopic (exact) mass is 287 g/mol. The van der Waals surface area contributed by atoms with Crippen LogP contribution in [0.3, 0.4) is 0 Å². The Hall–Kier alpha value is -1.72. The molecule has 1 fully saturated rings. The SMILES string of the molecule is Cc1cccn2c(=O)cc(CN3CCCC(C)(O)C3)nc12. The summed E-state index contributed by atoms with van der Waals surface area (Å²) in [5, 5.41) is 10.2. The number of aromatic nitrogens is 2. The Kier molecular flexibility index (Phi) is 3.55. The van der Waals surface area contributed by atoms with E-state index in [9.17, 15) is 9.90 Å². The molecule has 1 saturated heterocycles. The number of aliphatic hydroxyl groups is 1. The molecule has 5 heteroatoms. The smallest absolute Gasteiger partial charge is 0.258 e. The van der Waals surface area contributed by atoms with Gasteiger partial charge in [0.25, 0.3) is 5.56 Å². The molecule has 0 saturated carbocycles. The topological polar surface area (TPSA) is 57.8 Å². The Morgan fingerprint density at radius 3 is 3.05 bits per heavy atom. The first kappa shape index (κ1) is 14.2. The van der Waals surface area contributed by atoms with Crippen LogP contribution in [-0.2, 0) is 6.54 Å². The van der Waals surface area contributed by atoms with Gasteiger partial charge in [-0.2, -0.15) is 0 Å². The Labute approximate surface area is 123 Å². The number of likely N-dealkylation sites (tertiary alicyclic amines) is 1. The number of nitrogens with zero attached hydrogens (tertiary/aromatic N) is 3. The molecule has 0 bridgehead atoms. The molecule has 1 aliphatic rings. The average molecular weight is 287 g/mol. The first-order valence-electron chi connectivity index (χ1n) is 7.37. The van der Waals surface area contributed by atoms with Crippen molar-refractivity contribution >= 4 is 5.65 Å². The molecule has 5 nitrogen and oxygen atoms in total. The molecule has 2 aromatic heterocycles. The van der Waals surface area contributed by atoms with E-state index in [0.717, 1.165) is 30.6 Å². The minimum absolute atomic E-state index is 0.0533. The number of hydrogen-bond acceptors (Lipinski definition) is 4. The second-order valence-corrected chi connectivity index (χ2v) is 6.28. The molecule has 0 aliphatic carbocycles. The van der Waals surface area contributed by atoms with Crippen molar-refractivity contribution in [2.24, 2.45) is 0 Å². The summed E-state index contributed by atoms with van der Waals surface area (Å²) < 4.78 is 1.57. The van der Waals surface area contributed by atoms with Crippen LogP contribution in [0.4, 0.5) is 0 Å². The molecule has 1 N–H and O–H groups in total. The fraction of sp³-hybridized carbons (Fsp3) is 0.500. The predicted octanol–water partition coefficient (Wildman–Crippen LogP) is 1.35. The zero-order chi connectivity index (χ0) is 15.0. The third-order valence-electron chi connectivity index (χ3n) is 4.08. The Morgan fingerprint density at radius 2 is 2.29 bits per heavy atom. The van der Waals surface area contributed by atoms with Gasteiger partial charge in [0.15, 0.2) is 0 Å². The molecule has 0 radical (unpaired) electrons. The summed E-state index contributed by atoms with van der Waals surface area (Å²) in [6.07, 6.45) is 3.54. The van der Waals surface area contributed by atoms with Crippen molar-refractivity contribution in [3.63, 3.8) is 0 Å². The number of rotatable bonds is 2. The van der Waals surface area contributed by atoms with Crippen molar-refractivity contribution in [3.8, 4) is 0 Å². The van der Waals surface area contributed by atoms with Gasteiger partial charge in [0.2, 0.25) is 0 Å². The van der Waals surface area contributed by atoms with Crippen molar-refractivity contribution < 1.29 is 5.11 Å². The summed E-state index contributed by atoms with van der Waals surface area (Å²) >= 11 is 0. The van der Waals surface area contributed by atoms with Gasteiger partial charge in [0.05, 0.1) is 11.3 Å². The molecule has 3 heterocycles. The predicted molar refractivity (Wildman–Crippen MR) is 81.3 cm³/mol. The lowest BCUT2D eigenvalue weighted by molar-refractivity contribution is -0.0184. The maximum atomic E-state index is 12.2. The number of piperidine rings is 1. The van der Waals surface area contributed by atoms with E-state index < -0.39 is 5.60 Å². The number of hydrogen-bond donors (Lipinski definition) is 1. The summed E-state index contributed by atoms with van der Waals surface area (Å²) in [5.41, 5.74) is 1.78. The van der Waals surface area contributed by atoms with Crippen molar-refractivity contribution in [3.05, 3.63) is 46.0 Å². The van der Waals surface area contributed by atoms with Crippen LogP contribution in [0.25, 0.3) is 5.65 Å². The molecule has 1 atom stereocenters. The van der Waals surface area contributed by atoms with Crippen LogP contribution in [0.15, 0.2) is 29.2 Å². The zero-order valence-corrected chi connectivity index (χ0v) is 12.5. The molecular formula is C16H21N3O2. The van der Waals surface area contributed by atoms with Gasteiger partial charge >= 0.3 is 0 Å². The fourth-order valence-corrected chi connectivity index (χ4v) is 3.08. The van der Waals surface area contributed by atoms with E-state index in [2.05, 4.69) is 9.88 Å². The number of fused-ring (bicyclic) bond motifs is 1. The maximum absolute atomic E-state index is 12.2. The van der Waals surface area contributed by atoms with Gasteiger partial charge in [0, 0.05) is 25.4 Å². The highest BCUT2D eigenvalue weighted by molar-refractivity contribution is 5.46. The van der Waals surface area contributed by atoms with Crippen LogP contribution in [0.5, 0.6) is 0 Å². The molecule has 112 valence electrons. The standard InChI is InChI=1S/C16H21N3O2/c1-12-5-3-8-19-14(20)9-13(17-15(12)19)10-18-7-4-6-16(2,21)11-18/h3,5,8-9,21H,4,6-7,10-11H2,1-2H3. The van der Waals surface area contributed by atoms with Crippen molar-refractivity contribution in [2.75, 3.05) is 13.1 Å². The molecular weight excluding hydrogens is 266 g/mol. The van der Waals surface area contributed by atoms with Crippen LogP contribution in [0.1, 0.15) is 31.0 Å². The van der Waals surface area contributed by atoms with Gasteiger partial charge < -0.3 is 5.11 Å². The second-order valence-electron chi connectivity index (χ2n) is 6.28. The maximum Gasteiger partial charge on any atom is 0.258 e. The number of aryl methyl sites for hydroxylation is 1. The fourth-order valence-electron chi connectivity index (χ4n) is 3.08. The lowest BCUT2D eigenvalue weighted by Crippen LogP contribution is -2.45. The highest BCUT2D eigenvalue weighted by atomic mass is 16.3. The van der Waals surface area contributed by atoms with E-state index in [1.165, 1.54) is 0 Å². The van der Waals surface area contributed by atoms with Crippen LogP contribution in [0, 0.1) is 6.92 Å². The molecule has 0 aromatic carbocycles. The average Bonchev–Trinajstić information content (AvgIpc) is 2.39. The highest BCUT2D eigenvalue weighted by Crippen LogP contribution is 2.21. The van der Waals surface area contributed by atoms with Gasteiger partial charge in [-0.05, 0) is 44.9 Å². The molecule has 1 aliphatic heterocycles. The lowest BCUT2D eigenvalue weighted by atomic mass is 9.95. The summed E-state index contributed by atoms with van der Waals surface area (Å²) in [4.78, 5) is 19.0. The normalized spacial score (nSPS) is 23.6. The zero-order valence-electron chi connectivity index (χ0n) is 12.5. The Bertz CT molecular complexity index is 721. The molecule has 0 spiro atoms. The van der Waals surface area contributed by atoms with Crippen molar-refractivity contribution in [2.45, 2.75) is 38.8 Å². The van der Waals surface area contributed by atoms with Gasteiger partial charge in [-0.1, -0.05) is 6.07 Å². The van der Waals surface area contributed by atoms with Crippen molar-refractivity contribution in [1.29, 1.82) is 0 Å². The summed E-state index contributed by atoms with van der Waals surface area (Å²) in [6.45, 7) is 5.99. The molecule has 2 aromatic rings. The lowest BCUT2D eigenvalue weighted by Gasteiger charge is -2.36. The van der Waals surface area contributed by atoms with Gasteiger partial charge in [0.1, 0.15) is 5.65 Å². The van der Waals surface area contributed by atoms with Crippen LogP contribution in [0.2, 0.25) is 0 Å². The molecule has 1 unspecified atom stereocenters. The Morgan fingerprint density at radius 1 is 1.48 bits per heavy atom. The van der Waals surface area contributed by atoms with Gasteiger partial charge in [-0.25, -0.2) is 4.98 Å². The third kappa shape index (κ3) is 2.99. The summed E-state index contributed by atoms with van der Waals surface area (Å²) in [5.74, 6) is 0. The minimum Gasteiger partial charge on any atom is -0.389 e. The van der Waals surface area contributed by atoms with E-state index in [4.69, 9.17) is 0 Å². The third-order valence-corrected chi connectivity index (χ3v) is 4.08. The van der Waals surface area contributed by atoms with Crippen LogP contribution < -0.4 is 5.56 Å². The minimum atomic E-state index is -0.639. The van der Waals surface area contributed by atoms with E-state index in [1.54, 1.807) is 16.7 Å². The van der Waals surface area contributed by atoms with Crippen LogP contribution in [-0.4, -0.2) is 38.1 Å². The summed E-state index contributed by atoms with van der Waals surface area (Å²) in [6, 6.07) is 5.40. The largest absolute Gasteiger partial charge is 0.389 e. The second kappa shape index (κ2) is 5.24. The molecule has 3 rings (SSSR count). The summed E-state index contributed by atoms with van der Waals surface area (Å²) in [7, 11) is 0. The van der Waals surface area contributed by atoms with E-state index in [0.29, 0.717) is 18.7 Å². The van der Waals surface area contributed by atoms with Crippen molar-refractivity contribution in [1.82, 2.24) is 14.3 Å². The van der Waals surface area contributed by atoms with Crippen LogP contribution >= 0.6 is 0 Å². The first-order chi connectivity index (χ1) is 9.94. The molecule has 21 heavy (non-hydrogen) atoms. The quantitative estimate of drug-likeness (QED) is 0.906. The van der Waals surface area contributed by atoms with Gasteiger partial charge in [-0.3, -0.25) is 14.1 Å². The van der Waals surface area contributed by atoms with E-state index in [-0.39, 0.29) is 5.56 Å². The van der Waals surface area contributed by atoms with E-state index >= 15 is 0 Å².